The van der Waals surface area contributed by atoms with Crippen molar-refractivity contribution >= 4 is 5.97 Å². The molecule has 0 radical (unpaired) electrons. The molecule has 1 aromatic carbocycles. The summed E-state index contributed by atoms with van der Waals surface area (Å²) in [6.07, 6.45) is 0.142. The van der Waals surface area contributed by atoms with Crippen molar-refractivity contribution in [1.82, 2.24) is 0 Å². The first kappa shape index (κ1) is 16.4. The Morgan fingerprint density at radius 1 is 1.35 bits per heavy atom. The maximum absolute atomic E-state index is 10.7. The first-order valence-corrected chi connectivity index (χ1v) is 6.49. The summed E-state index contributed by atoms with van der Waals surface area (Å²) in [4.78, 5) is 10.7. The summed E-state index contributed by atoms with van der Waals surface area (Å²) < 4.78 is 9.60. The van der Waals surface area contributed by atoms with Gasteiger partial charge in [-0.2, -0.15) is 0 Å². The topological polar surface area (TPSA) is 90.9 Å². The fourth-order valence-corrected chi connectivity index (χ4v) is 1.41. The molecule has 0 bridgehead atoms. The molecular formula is C15H22N2O3. The van der Waals surface area contributed by atoms with Crippen molar-refractivity contribution in [3.8, 4) is 0 Å². The Labute approximate surface area is 119 Å². The third-order valence-electron chi connectivity index (χ3n) is 2.71. The molecule has 1 fully saturated rings. The fourth-order valence-electron chi connectivity index (χ4n) is 1.41. The first-order valence-electron chi connectivity index (χ1n) is 6.49. The monoisotopic (exact) mass is 278 g/mol. The largest absolute Gasteiger partial charge is 0.459 e. The number of rotatable bonds is 5. The Morgan fingerprint density at radius 2 is 1.85 bits per heavy atom. The van der Waals surface area contributed by atoms with Gasteiger partial charge in [-0.05, 0) is 18.1 Å². The molecule has 110 valence electrons. The number of benzene rings is 1. The van der Waals surface area contributed by atoms with Crippen LogP contribution in [0.5, 0.6) is 0 Å². The minimum Gasteiger partial charge on any atom is -0.459 e. The molecular weight excluding hydrogens is 256 g/mol. The predicted octanol–water partition coefficient (Wildman–Crippen LogP) is 1.11. The van der Waals surface area contributed by atoms with E-state index in [0.717, 1.165) is 11.1 Å². The molecule has 0 saturated carbocycles. The van der Waals surface area contributed by atoms with E-state index >= 15 is 0 Å². The SMILES string of the molecule is C=C(C)C(=O)OCC1CO1.NCc1ccccc1CN. The normalized spacial score (nSPS) is 15.8. The zero-order chi connectivity index (χ0) is 15.0. The summed E-state index contributed by atoms with van der Waals surface area (Å²) in [6.45, 7) is 7.29. The third kappa shape index (κ3) is 5.97. The van der Waals surface area contributed by atoms with E-state index in [1.54, 1.807) is 6.92 Å². The van der Waals surface area contributed by atoms with Gasteiger partial charge in [-0.25, -0.2) is 4.79 Å². The number of nitrogens with two attached hydrogens (primary N) is 2. The van der Waals surface area contributed by atoms with Crippen LogP contribution in [0.15, 0.2) is 36.4 Å². The van der Waals surface area contributed by atoms with Crippen molar-refractivity contribution in [3.63, 3.8) is 0 Å². The molecule has 0 aliphatic carbocycles. The molecule has 5 heteroatoms. The molecule has 1 aliphatic heterocycles. The maximum atomic E-state index is 10.7. The van der Waals surface area contributed by atoms with Gasteiger partial charge in [0.1, 0.15) is 12.7 Å². The number of esters is 1. The van der Waals surface area contributed by atoms with Gasteiger partial charge in [0.25, 0.3) is 0 Å². The smallest absolute Gasteiger partial charge is 0.333 e. The van der Waals surface area contributed by atoms with Gasteiger partial charge in [0.05, 0.1) is 6.61 Å². The molecule has 2 rings (SSSR count). The third-order valence-corrected chi connectivity index (χ3v) is 2.71. The van der Waals surface area contributed by atoms with Crippen LogP contribution in [0.2, 0.25) is 0 Å². The number of carbonyl (C=O) groups excluding carboxylic acids is 1. The van der Waals surface area contributed by atoms with Gasteiger partial charge in [-0.3, -0.25) is 0 Å². The summed E-state index contributed by atoms with van der Waals surface area (Å²) in [5.74, 6) is -0.337. The average molecular weight is 278 g/mol. The first-order chi connectivity index (χ1) is 9.58. The minimum absolute atomic E-state index is 0.142. The van der Waals surface area contributed by atoms with Crippen LogP contribution in [0.4, 0.5) is 0 Å². The lowest BCUT2D eigenvalue weighted by Gasteiger charge is -2.02. The molecule has 20 heavy (non-hydrogen) atoms. The Bertz CT molecular complexity index is 433. The molecule has 1 unspecified atom stereocenters. The Morgan fingerprint density at radius 3 is 2.20 bits per heavy atom. The van der Waals surface area contributed by atoms with Gasteiger partial charge in [0, 0.05) is 18.7 Å². The molecule has 5 nitrogen and oxygen atoms in total. The van der Waals surface area contributed by atoms with E-state index in [2.05, 4.69) is 6.58 Å². The highest BCUT2D eigenvalue weighted by molar-refractivity contribution is 5.86. The van der Waals surface area contributed by atoms with Gasteiger partial charge in [0.15, 0.2) is 0 Å². The van der Waals surface area contributed by atoms with Crippen molar-refractivity contribution in [2.75, 3.05) is 13.2 Å². The highest BCUT2D eigenvalue weighted by atomic mass is 16.6. The lowest BCUT2D eigenvalue weighted by molar-refractivity contribution is -0.139. The maximum Gasteiger partial charge on any atom is 0.333 e. The van der Waals surface area contributed by atoms with E-state index in [-0.39, 0.29) is 12.1 Å². The average Bonchev–Trinajstić information content (AvgIpc) is 3.29. The van der Waals surface area contributed by atoms with Gasteiger partial charge in [0.2, 0.25) is 0 Å². The van der Waals surface area contributed by atoms with Crippen LogP contribution < -0.4 is 11.5 Å². The molecule has 1 aromatic rings. The van der Waals surface area contributed by atoms with E-state index in [9.17, 15) is 4.79 Å². The highest BCUT2D eigenvalue weighted by Crippen LogP contribution is 2.09. The second-order valence-electron chi connectivity index (χ2n) is 4.51. The second-order valence-corrected chi connectivity index (χ2v) is 4.51. The number of carbonyl (C=O) groups is 1. The van der Waals surface area contributed by atoms with E-state index in [0.29, 0.717) is 31.9 Å². The Kier molecular flexibility index (Phi) is 6.93. The fraction of sp³-hybridized carbons (Fsp3) is 0.400. The molecule has 0 spiro atoms. The van der Waals surface area contributed by atoms with Crippen molar-refractivity contribution in [3.05, 3.63) is 47.5 Å². The van der Waals surface area contributed by atoms with Crippen LogP contribution in [0, 0.1) is 0 Å². The van der Waals surface area contributed by atoms with Gasteiger partial charge >= 0.3 is 5.97 Å². The van der Waals surface area contributed by atoms with Crippen LogP contribution >= 0.6 is 0 Å². The van der Waals surface area contributed by atoms with E-state index < -0.39 is 0 Å². The standard InChI is InChI=1S/C8H12N2.C7H10O3/c9-5-7-3-1-2-4-8(7)6-10;1-5(2)7(8)10-4-6-3-9-6/h1-4H,5-6,9-10H2;6H,1,3-4H2,2H3. The molecule has 4 N–H and O–H groups in total. The summed E-state index contributed by atoms with van der Waals surface area (Å²) in [5, 5.41) is 0. The summed E-state index contributed by atoms with van der Waals surface area (Å²) in [7, 11) is 0. The van der Waals surface area contributed by atoms with Crippen molar-refractivity contribution in [1.29, 1.82) is 0 Å². The highest BCUT2D eigenvalue weighted by Gasteiger charge is 2.24. The molecule has 1 atom stereocenters. The summed E-state index contributed by atoms with van der Waals surface area (Å²) >= 11 is 0. The number of hydrogen-bond donors (Lipinski definition) is 2. The number of epoxide rings is 1. The van der Waals surface area contributed by atoms with Gasteiger partial charge in [-0.1, -0.05) is 30.8 Å². The second kappa shape index (κ2) is 8.47. The van der Waals surface area contributed by atoms with Gasteiger partial charge < -0.3 is 20.9 Å². The van der Waals surface area contributed by atoms with Crippen LogP contribution in [0.1, 0.15) is 18.1 Å². The van der Waals surface area contributed by atoms with Crippen LogP contribution in [0.3, 0.4) is 0 Å². The van der Waals surface area contributed by atoms with E-state index in [1.165, 1.54) is 0 Å². The lowest BCUT2D eigenvalue weighted by Crippen LogP contribution is -2.09. The number of hydrogen-bond acceptors (Lipinski definition) is 5. The Balaban J connectivity index is 0.000000200. The Hall–Kier alpha value is -1.69. The van der Waals surface area contributed by atoms with E-state index in [4.69, 9.17) is 20.9 Å². The number of ether oxygens (including phenoxy) is 2. The summed E-state index contributed by atoms with van der Waals surface area (Å²) in [5.41, 5.74) is 13.7. The van der Waals surface area contributed by atoms with Crippen LogP contribution in [0.25, 0.3) is 0 Å². The molecule has 1 saturated heterocycles. The van der Waals surface area contributed by atoms with E-state index in [1.807, 2.05) is 24.3 Å². The van der Waals surface area contributed by atoms with Gasteiger partial charge in [-0.15, -0.1) is 0 Å². The van der Waals surface area contributed by atoms with Crippen molar-refractivity contribution in [2.24, 2.45) is 11.5 Å². The minimum atomic E-state index is -0.337. The van der Waals surface area contributed by atoms with Crippen LogP contribution in [-0.2, 0) is 27.4 Å². The summed E-state index contributed by atoms with van der Waals surface area (Å²) in [6, 6.07) is 7.95. The quantitative estimate of drug-likeness (QED) is 0.478. The molecule has 1 aliphatic rings. The predicted molar refractivity (Wildman–Crippen MR) is 77.7 cm³/mol. The zero-order valence-corrected chi connectivity index (χ0v) is 11.8. The lowest BCUT2D eigenvalue weighted by atomic mass is 10.1. The van der Waals surface area contributed by atoms with Crippen molar-refractivity contribution < 1.29 is 14.3 Å². The molecule has 1 heterocycles. The molecule has 0 amide bonds. The zero-order valence-electron chi connectivity index (χ0n) is 11.8. The molecule has 0 aromatic heterocycles. The van der Waals surface area contributed by atoms with Crippen molar-refractivity contribution in [2.45, 2.75) is 26.1 Å². The van der Waals surface area contributed by atoms with Crippen LogP contribution in [-0.4, -0.2) is 25.3 Å².